The number of aryl methyl sites for hydroxylation is 1. The number of ether oxygens (including phenoxy) is 1. The van der Waals surface area contributed by atoms with Crippen molar-refractivity contribution in [1.82, 2.24) is 15.6 Å². The molecule has 1 aliphatic rings. The first kappa shape index (κ1) is 14.4. The van der Waals surface area contributed by atoms with Crippen molar-refractivity contribution >= 4 is 17.2 Å². The lowest BCUT2D eigenvalue weighted by atomic mass is 10.0. The second kappa shape index (κ2) is 6.98. The van der Waals surface area contributed by atoms with Gasteiger partial charge in [-0.3, -0.25) is 4.79 Å². The van der Waals surface area contributed by atoms with Crippen LogP contribution in [0.1, 0.15) is 23.9 Å². The van der Waals surface area contributed by atoms with Gasteiger partial charge in [0.1, 0.15) is 0 Å². The van der Waals surface area contributed by atoms with Gasteiger partial charge in [0.25, 0.3) is 0 Å². The molecule has 19 heavy (non-hydrogen) atoms. The summed E-state index contributed by atoms with van der Waals surface area (Å²) in [5, 5.41) is 6.36. The number of nitrogens with zero attached hydrogens (tertiary/aromatic N) is 1. The molecule has 0 saturated carbocycles. The van der Waals surface area contributed by atoms with E-state index < -0.39 is 0 Å². The van der Waals surface area contributed by atoms with E-state index in [2.05, 4.69) is 22.5 Å². The Morgan fingerprint density at radius 1 is 1.58 bits per heavy atom. The lowest BCUT2D eigenvalue weighted by Crippen LogP contribution is -2.44. The Bertz CT molecular complexity index is 422. The van der Waals surface area contributed by atoms with Crippen molar-refractivity contribution in [3.8, 4) is 0 Å². The third-order valence-electron chi connectivity index (χ3n) is 3.34. The first-order chi connectivity index (χ1) is 9.22. The number of carbonyl (C=O) groups is 1. The fourth-order valence-electron chi connectivity index (χ4n) is 2.14. The van der Waals surface area contributed by atoms with Crippen LogP contribution >= 0.6 is 11.3 Å². The predicted octanol–water partition coefficient (Wildman–Crippen LogP) is 1.08. The third kappa shape index (κ3) is 3.75. The molecule has 1 saturated heterocycles. The van der Waals surface area contributed by atoms with Gasteiger partial charge in [0.2, 0.25) is 5.91 Å². The first-order valence-electron chi connectivity index (χ1n) is 6.70. The zero-order valence-electron chi connectivity index (χ0n) is 11.4. The topological polar surface area (TPSA) is 63.2 Å². The molecular weight excluding hydrogens is 262 g/mol. The van der Waals surface area contributed by atoms with Crippen LogP contribution in [-0.4, -0.2) is 36.7 Å². The van der Waals surface area contributed by atoms with Crippen LogP contribution in [0.2, 0.25) is 0 Å². The molecule has 0 aromatic carbocycles. The van der Waals surface area contributed by atoms with Gasteiger partial charge in [-0.25, -0.2) is 4.98 Å². The minimum atomic E-state index is -0.0835. The molecule has 106 valence electrons. The summed E-state index contributed by atoms with van der Waals surface area (Å²) in [6.45, 7) is 6.69. The molecule has 2 N–H and O–H groups in total. The molecule has 2 rings (SSSR count). The normalized spacial score (nSPS) is 22.6. The third-order valence-corrected chi connectivity index (χ3v) is 4.28. The number of amides is 1. The molecule has 0 spiro atoms. The van der Waals surface area contributed by atoms with E-state index in [4.69, 9.17) is 4.74 Å². The van der Waals surface area contributed by atoms with Crippen LogP contribution in [0.5, 0.6) is 0 Å². The maximum atomic E-state index is 12.2. The minimum Gasteiger partial charge on any atom is -0.379 e. The number of thiazole rings is 1. The zero-order valence-corrected chi connectivity index (χ0v) is 12.3. The van der Waals surface area contributed by atoms with Crippen LogP contribution in [0.25, 0.3) is 0 Å². The van der Waals surface area contributed by atoms with Crippen LogP contribution in [0.4, 0.5) is 0 Å². The summed E-state index contributed by atoms with van der Waals surface area (Å²) >= 11 is 1.58. The van der Waals surface area contributed by atoms with Crippen LogP contribution in [0.3, 0.4) is 0 Å². The number of carbonyl (C=O) groups excluding carboxylic acids is 1. The molecule has 1 amide bonds. The van der Waals surface area contributed by atoms with Crippen LogP contribution in [0, 0.1) is 12.8 Å². The van der Waals surface area contributed by atoms with Gasteiger partial charge in [-0.05, 0) is 19.9 Å². The highest BCUT2D eigenvalue weighted by molar-refractivity contribution is 7.09. The van der Waals surface area contributed by atoms with Gasteiger partial charge in [0.15, 0.2) is 0 Å². The van der Waals surface area contributed by atoms with E-state index in [1.165, 1.54) is 0 Å². The monoisotopic (exact) mass is 283 g/mol. The second-order valence-electron chi connectivity index (χ2n) is 4.78. The number of hydrogen-bond acceptors (Lipinski definition) is 5. The molecule has 2 heterocycles. The van der Waals surface area contributed by atoms with Gasteiger partial charge in [-0.2, -0.15) is 0 Å². The number of nitrogens with one attached hydrogen (secondary N) is 2. The zero-order chi connectivity index (χ0) is 13.7. The highest BCUT2D eigenvalue weighted by Gasteiger charge is 2.33. The number of aromatic nitrogens is 1. The maximum absolute atomic E-state index is 12.2. The maximum Gasteiger partial charge on any atom is 0.227 e. The fraction of sp³-hybridized carbons (Fsp3) is 0.692. The minimum absolute atomic E-state index is 0.0684. The van der Waals surface area contributed by atoms with Crippen molar-refractivity contribution in [3.63, 3.8) is 0 Å². The number of hydrogen-bond donors (Lipinski definition) is 2. The molecule has 1 aromatic heterocycles. The summed E-state index contributed by atoms with van der Waals surface area (Å²) < 4.78 is 5.42. The van der Waals surface area contributed by atoms with E-state index in [0.29, 0.717) is 19.8 Å². The Morgan fingerprint density at radius 2 is 2.42 bits per heavy atom. The van der Waals surface area contributed by atoms with Gasteiger partial charge < -0.3 is 15.4 Å². The first-order valence-corrected chi connectivity index (χ1v) is 7.58. The van der Waals surface area contributed by atoms with Gasteiger partial charge in [-0.15, -0.1) is 11.3 Å². The number of rotatable bonds is 6. The quantitative estimate of drug-likeness (QED) is 0.820. The second-order valence-corrected chi connectivity index (χ2v) is 5.72. The Balaban J connectivity index is 1.83. The van der Waals surface area contributed by atoms with Gasteiger partial charge in [0.05, 0.1) is 36.9 Å². The summed E-state index contributed by atoms with van der Waals surface area (Å²) in [5.41, 5.74) is 2.80. The summed E-state index contributed by atoms with van der Waals surface area (Å²) in [5.74, 6) is -0.0151. The lowest BCUT2D eigenvalue weighted by Gasteiger charge is -2.18. The SMILES string of the molecule is CCCNC1COCC1C(=O)NCc1scnc1C. The van der Waals surface area contributed by atoms with E-state index in [9.17, 15) is 4.79 Å². The molecule has 5 nitrogen and oxygen atoms in total. The van der Waals surface area contributed by atoms with Crippen molar-refractivity contribution in [1.29, 1.82) is 0 Å². The highest BCUT2D eigenvalue weighted by atomic mass is 32.1. The van der Waals surface area contributed by atoms with Crippen LogP contribution in [0.15, 0.2) is 5.51 Å². The Labute approximate surface area is 117 Å². The van der Waals surface area contributed by atoms with Crippen molar-refractivity contribution in [2.75, 3.05) is 19.8 Å². The molecule has 6 heteroatoms. The predicted molar refractivity (Wildman–Crippen MR) is 75.1 cm³/mol. The molecule has 2 unspecified atom stereocenters. The van der Waals surface area contributed by atoms with E-state index in [1.54, 1.807) is 16.8 Å². The molecular formula is C13H21N3O2S. The molecule has 0 radical (unpaired) electrons. The molecule has 0 bridgehead atoms. The van der Waals surface area contributed by atoms with Gasteiger partial charge >= 0.3 is 0 Å². The van der Waals surface area contributed by atoms with E-state index in [0.717, 1.165) is 23.5 Å². The van der Waals surface area contributed by atoms with Gasteiger partial charge in [-0.1, -0.05) is 6.92 Å². The van der Waals surface area contributed by atoms with Crippen LogP contribution < -0.4 is 10.6 Å². The molecule has 1 fully saturated rings. The largest absolute Gasteiger partial charge is 0.379 e. The van der Waals surface area contributed by atoms with Crippen molar-refractivity contribution in [2.45, 2.75) is 32.9 Å². The lowest BCUT2D eigenvalue weighted by molar-refractivity contribution is -0.125. The van der Waals surface area contributed by atoms with E-state index >= 15 is 0 Å². The Hall–Kier alpha value is -0.980. The molecule has 0 aliphatic carbocycles. The average molecular weight is 283 g/mol. The van der Waals surface area contributed by atoms with Crippen molar-refractivity contribution in [2.24, 2.45) is 5.92 Å². The highest BCUT2D eigenvalue weighted by Crippen LogP contribution is 2.16. The van der Waals surface area contributed by atoms with Crippen molar-refractivity contribution in [3.05, 3.63) is 16.1 Å². The summed E-state index contributed by atoms with van der Waals surface area (Å²) in [6, 6.07) is 0.141. The Morgan fingerprint density at radius 3 is 3.11 bits per heavy atom. The smallest absolute Gasteiger partial charge is 0.227 e. The summed E-state index contributed by atoms with van der Waals surface area (Å²) in [4.78, 5) is 17.5. The summed E-state index contributed by atoms with van der Waals surface area (Å²) in [6.07, 6.45) is 1.06. The van der Waals surface area contributed by atoms with Gasteiger partial charge in [0, 0.05) is 10.9 Å². The average Bonchev–Trinajstić information content (AvgIpc) is 3.02. The van der Waals surface area contributed by atoms with E-state index in [-0.39, 0.29) is 17.9 Å². The Kier molecular flexibility index (Phi) is 5.30. The molecule has 1 aliphatic heterocycles. The standard InChI is InChI=1S/C13H21N3O2S/c1-3-4-14-11-7-18-6-10(11)13(17)15-5-12-9(2)16-8-19-12/h8,10-11,14H,3-7H2,1-2H3,(H,15,17). The molecule has 1 aromatic rings. The fourth-order valence-corrected chi connectivity index (χ4v) is 2.85. The van der Waals surface area contributed by atoms with Crippen molar-refractivity contribution < 1.29 is 9.53 Å². The summed E-state index contributed by atoms with van der Waals surface area (Å²) in [7, 11) is 0. The van der Waals surface area contributed by atoms with Crippen LogP contribution in [-0.2, 0) is 16.1 Å². The van der Waals surface area contributed by atoms with E-state index in [1.807, 2.05) is 6.92 Å². The molecule has 2 atom stereocenters.